The van der Waals surface area contributed by atoms with E-state index in [1.807, 2.05) is 19.1 Å². The number of benzene rings is 1. The van der Waals surface area contributed by atoms with Crippen LogP contribution in [0.1, 0.15) is 25.3 Å². The summed E-state index contributed by atoms with van der Waals surface area (Å²) in [6, 6.07) is 5.95. The molecule has 90 valence electrons. The fraction of sp³-hybridized carbons (Fsp3) is 0.538. The summed E-state index contributed by atoms with van der Waals surface area (Å²) in [6.07, 6.45) is 2.11. The van der Waals surface area contributed by atoms with Gasteiger partial charge in [0, 0.05) is 31.1 Å². The van der Waals surface area contributed by atoms with Crippen LogP contribution < -0.4 is 11.1 Å². The Balaban J connectivity index is 2.24. The van der Waals surface area contributed by atoms with Gasteiger partial charge in [-0.25, -0.2) is 0 Å². The summed E-state index contributed by atoms with van der Waals surface area (Å²) in [4.78, 5) is 0. The minimum atomic E-state index is 0.822. The van der Waals surface area contributed by atoms with E-state index in [-0.39, 0.29) is 0 Å². The summed E-state index contributed by atoms with van der Waals surface area (Å²) >= 11 is 0. The quantitative estimate of drug-likeness (QED) is 0.551. The van der Waals surface area contributed by atoms with Crippen molar-refractivity contribution < 1.29 is 4.74 Å². The van der Waals surface area contributed by atoms with E-state index in [1.54, 1.807) is 0 Å². The van der Waals surface area contributed by atoms with Crippen LogP contribution in [0.4, 0.5) is 11.4 Å². The molecule has 0 radical (unpaired) electrons. The molecule has 0 amide bonds. The smallest absolute Gasteiger partial charge is 0.0482 e. The van der Waals surface area contributed by atoms with Crippen molar-refractivity contribution in [3.8, 4) is 0 Å². The highest BCUT2D eigenvalue weighted by atomic mass is 16.5. The van der Waals surface area contributed by atoms with Gasteiger partial charge in [0.2, 0.25) is 0 Å². The Morgan fingerprint density at radius 2 is 2.12 bits per heavy atom. The van der Waals surface area contributed by atoms with Crippen LogP contribution in [-0.4, -0.2) is 19.8 Å². The van der Waals surface area contributed by atoms with E-state index in [0.717, 1.165) is 49.5 Å². The Morgan fingerprint density at radius 3 is 2.88 bits per heavy atom. The topological polar surface area (TPSA) is 47.3 Å². The Labute approximate surface area is 98.0 Å². The van der Waals surface area contributed by atoms with Crippen LogP contribution in [0.3, 0.4) is 0 Å². The monoisotopic (exact) mass is 222 g/mol. The van der Waals surface area contributed by atoms with Gasteiger partial charge in [0.1, 0.15) is 0 Å². The van der Waals surface area contributed by atoms with Crippen LogP contribution in [0.15, 0.2) is 18.2 Å². The average Bonchev–Trinajstić information content (AvgIpc) is 2.29. The Hall–Kier alpha value is -1.22. The number of rotatable bonds is 7. The van der Waals surface area contributed by atoms with Gasteiger partial charge in [-0.15, -0.1) is 0 Å². The Bertz CT molecular complexity index is 313. The van der Waals surface area contributed by atoms with Gasteiger partial charge in [-0.05, 0) is 37.5 Å². The first-order chi connectivity index (χ1) is 7.75. The van der Waals surface area contributed by atoms with Crippen molar-refractivity contribution >= 4 is 11.4 Å². The van der Waals surface area contributed by atoms with E-state index >= 15 is 0 Å². The number of nitrogens with one attached hydrogen (secondary N) is 1. The SMILES string of the molecule is CCCOCCCNc1cccc(N)c1C. The average molecular weight is 222 g/mol. The van der Waals surface area contributed by atoms with Crippen molar-refractivity contribution in [2.75, 3.05) is 30.8 Å². The molecule has 0 aliphatic rings. The van der Waals surface area contributed by atoms with Crippen molar-refractivity contribution in [3.05, 3.63) is 23.8 Å². The molecule has 0 spiro atoms. The normalized spacial score (nSPS) is 10.4. The Kier molecular flexibility index (Phi) is 5.72. The lowest BCUT2D eigenvalue weighted by Crippen LogP contribution is -2.07. The highest BCUT2D eigenvalue weighted by molar-refractivity contribution is 5.62. The van der Waals surface area contributed by atoms with Gasteiger partial charge in [-0.3, -0.25) is 0 Å². The van der Waals surface area contributed by atoms with Crippen LogP contribution in [0.2, 0.25) is 0 Å². The van der Waals surface area contributed by atoms with E-state index < -0.39 is 0 Å². The van der Waals surface area contributed by atoms with E-state index in [9.17, 15) is 0 Å². The van der Waals surface area contributed by atoms with Gasteiger partial charge < -0.3 is 15.8 Å². The van der Waals surface area contributed by atoms with E-state index in [0.29, 0.717) is 0 Å². The zero-order chi connectivity index (χ0) is 11.8. The summed E-state index contributed by atoms with van der Waals surface area (Å²) in [5, 5.41) is 3.37. The molecule has 3 nitrogen and oxygen atoms in total. The predicted molar refractivity (Wildman–Crippen MR) is 69.8 cm³/mol. The molecule has 16 heavy (non-hydrogen) atoms. The molecule has 0 aliphatic carbocycles. The van der Waals surface area contributed by atoms with Gasteiger partial charge in [0.25, 0.3) is 0 Å². The fourth-order valence-electron chi connectivity index (χ4n) is 1.49. The van der Waals surface area contributed by atoms with Gasteiger partial charge in [-0.1, -0.05) is 13.0 Å². The summed E-state index contributed by atoms with van der Waals surface area (Å²) in [5.74, 6) is 0. The van der Waals surface area contributed by atoms with E-state index in [4.69, 9.17) is 10.5 Å². The maximum absolute atomic E-state index is 5.83. The molecule has 0 unspecified atom stereocenters. The lowest BCUT2D eigenvalue weighted by atomic mass is 10.1. The second kappa shape index (κ2) is 7.12. The lowest BCUT2D eigenvalue weighted by molar-refractivity contribution is 0.134. The van der Waals surface area contributed by atoms with Crippen molar-refractivity contribution in [2.24, 2.45) is 0 Å². The minimum Gasteiger partial charge on any atom is -0.398 e. The first-order valence-electron chi connectivity index (χ1n) is 5.92. The third-order valence-electron chi connectivity index (χ3n) is 2.51. The predicted octanol–water partition coefficient (Wildman–Crippen LogP) is 2.81. The van der Waals surface area contributed by atoms with Gasteiger partial charge in [0.15, 0.2) is 0 Å². The molecule has 0 fully saturated rings. The molecule has 1 aromatic carbocycles. The molecule has 1 rings (SSSR count). The van der Waals surface area contributed by atoms with Gasteiger partial charge >= 0.3 is 0 Å². The molecular weight excluding hydrogens is 200 g/mol. The molecule has 1 aromatic rings. The summed E-state index contributed by atoms with van der Waals surface area (Å²) in [7, 11) is 0. The van der Waals surface area contributed by atoms with Crippen LogP contribution in [0, 0.1) is 6.92 Å². The van der Waals surface area contributed by atoms with Crippen molar-refractivity contribution in [1.82, 2.24) is 0 Å². The first kappa shape index (κ1) is 12.8. The number of anilines is 2. The van der Waals surface area contributed by atoms with Crippen molar-refractivity contribution in [3.63, 3.8) is 0 Å². The highest BCUT2D eigenvalue weighted by Crippen LogP contribution is 2.20. The number of ether oxygens (including phenoxy) is 1. The standard InChI is InChI=1S/C13H22N2O/c1-3-9-16-10-5-8-15-13-7-4-6-12(14)11(13)2/h4,6-7,15H,3,5,8-10,14H2,1-2H3. The third kappa shape index (κ3) is 4.11. The number of hydrogen-bond acceptors (Lipinski definition) is 3. The summed E-state index contributed by atoms with van der Waals surface area (Å²) in [5.41, 5.74) is 8.91. The maximum atomic E-state index is 5.83. The number of nitrogens with two attached hydrogens (primary N) is 1. The zero-order valence-corrected chi connectivity index (χ0v) is 10.3. The van der Waals surface area contributed by atoms with Gasteiger partial charge in [-0.2, -0.15) is 0 Å². The van der Waals surface area contributed by atoms with Crippen LogP contribution in [0.5, 0.6) is 0 Å². The molecule has 0 aromatic heterocycles. The molecule has 0 atom stereocenters. The molecule has 0 saturated heterocycles. The van der Waals surface area contributed by atoms with E-state index in [2.05, 4.69) is 18.3 Å². The zero-order valence-electron chi connectivity index (χ0n) is 10.3. The van der Waals surface area contributed by atoms with Crippen LogP contribution >= 0.6 is 0 Å². The van der Waals surface area contributed by atoms with Crippen LogP contribution in [0.25, 0.3) is 0 Å². The Morgan fingerprint density at radius 1 is 1.31 bits per heavy atom. The summed E-state index contributed by atoms with van der Waals surface area (Å²) in [6.45, 7) is 6.76. The molecule has 3 N–H and O–H groups in total. The molecule has 3 heteroatoms. The first-order valence-corrected chi connectivity index (χ1v) is 5.92. The van der Waals surface area contributed by atoms with Gasteiger partial charge in [0.05, 0.1) is 0 Å². The molecular formula is C13H22N2O. The second-order valence-corrected chi connectivity index (χ2v) is 3.91. The lowest BCUT2D eigenvalue weighted by Gasteiger charge is -2.11. The van der Waals surface area contributed by atoms with Crippen LogP contribution in [-0.2, 0) is 4.74 Å². The van der Waals surface area contributed by atoms with E-state index in [1.165, 1.54) is 0 Å². The van der Waals surface area contributed by atoms with Crippen molar-refractivity contribution in [2.45, 2.75) is 26.7 Å². The van der Waals surface area contributed by atoms with Crippen molar-refractivity contribution in [1.29, 1.82) is 0 Å². The second-order valence-electron chi connectivity index (χ2n) is 3.91. The summed E-state index contributed by atoms with van der Waals surface area (Å²) < 4.78 is 5.41. The molecule has 0 saturated carbocycles. The molecule has 0 aliphatic heterocycles. The maximum Gasteiger partial charge on any atom is 0.0482 e. The highest BCUT2D eigenvalue weighted by Gasteiger charge is 1.99. The minimum absolute atomic E-state index is 0.822. The molecule has 0 bridgehead atoms. The largest absolute Gasteiger partial charge is 0.398 e. The number of hydrogen-bond donors (Lipinski definition) is 2. The fourth-order valence-corrected chi connectivity index (χ4v) is 1.49. The number of nitrogen functional groups attached to an aromatic ring is 1. The third-order valence-corrected chi connectivity index (χ3v) is 2.51. The molecule has 0 heterocycles.